The maximum absolute atomic E-state index is 4.28. The van der Waals surface area contributed by atoms with E-state index in [9.17, 15) is 0 Å². The molecule has 1 unspecified atom stereocenters. The Morgan fingerprint density at radius 1 is 1.64 bits per heavy atom. The molecule has 4 nitrogen and oxygen atoms in total. The van der Waals surface area contributed by atoms with Crippen LogP contribution in [0.15, 0.2) is 0 Å². The van der Waals surface area contributed by atoms with E-state index in [-0.39, 0.29) is 0 Å². The quantitative estimate of drug-likeness (QED) is 0.602. The Morgan fingerprint density at radius 2 is 2.45 bits per heavy atom. The first-order valence-corrected chi connectivity index (χ1v) is 3.94. The van der Waals surface area contributed by atoms with Crippen molar-refractivity contribution in [1.82, 2.24) is 14.8 Å². The highest BCUT2D eigenvalue weighted by atomic mass is 15.4. The summed E-state index contributed by atoms with van der Waals surface area (Å²) in [6.45, 7) is 5.09. The van der Waals surface area contributed by atoms with E-state index in [0.717, 1.165) is 24.7 Å². The average molecular weight is 152 g/mol. The number of hydrogen-bond acceptors (Lipinski definition) is 3. The Morgan fingerprint density at radius 3 is 3.18 bits per heavy atom. The van der Waals surface area contributed by atoms with E-state index >= 15 is 0 Å². The minimum Gasteiger partial charge on any atom is -0.354 e. The molecule has 2 rings (SSSR count). The molecule has 1 aliphatic heterocycles. The second-order valence-corrected chi connectivity index (χ2v) is 2.99. The van der Waals surface area contributed by atoms with E-state index in [1.807, 2.05) is 11.6 Å². The molecule has 0 aromatic carbocycles. The number of aromatic nitrogens is 3. The van der Waals surface area contributed by atoms with E-state index < -0.39 is 0 Å². The van der Waals surface area contributed by atoms with Crippen LogP contribution in [0.2, 0.25) is 0 Å². The number of anilines is 1. The van der Waals surface area contributed by atoms with Crippen LogP contribution in [0.4, 0.5) is 5.95 Å². The highest BCUT2D eigenvalue weighted by Gasteiger charge is 2.17. The molecule has 1 aromatic rings. The molecule has 4 heteroatoms. The van der Waals surface area contributed by atoms with Crippen molar-refractivity contribution in [2.45, 2.75) is 26.3 Å². The Bertz CT molecular complexity index is 265. The summed E-state index contributed by atoms with van der Waals surface area (Å²) >= 11 is 0. The van der Waals surface area contributed by atoms with Crippen LogP contribution in [-0.4, -0.2) is 21.3 Å². The number of hydrogen-bond donors (Lipinski definition) is 1. The van der Waals surface area contributed by atoms with Gasteiger partial charge in [0.25, 0.3) is 0 Å². The zero-order valence-electron chi connectivity index (χ0n) is 6.83. The molecule has 0 radical (unpaired) electrons. The van der Waals surface area contributed by atoms with Crippen LogP contribution in [0.3, 0.4) is 0 Å². The van der Waals surface area contributed by atoms with Gasteiger partial charge in [-0.2, -0.15) is 10.1 Å². The molecule has 1 atom stereocenters. The molecule has 2 heterocycles. The van der Waals surface area contributed by atoms with Crippen LogP contribution in [0.1, 0.15) is 25.2 Å². The van der Waals surface area contributed by atoms with Gasteiger partial charge in [0.05, 0.1) is 6.04 Å². The van der Waals surface area contributed by atoms with Crippen LogP contribution >= 0.6 is 0 Å². The first-order chi connectivity index (χ1) is 5.27. The van der Waals surface area contributed by atoms with E-state index in [0.29, 0.717) is 6.04 Å². The lowest BCUT2D eigenvalue weighted by molar-refractivity contribution is 0.450. The predicted octanol–water partition coefficient (Wildman–Crippen LogP) is 0.963. The van der Waals surface area contributed by atoms with Crippen LogP contribution < -0.4 is 5.32 Å². The van der Waals surface area contributed by atoms with Gasteiger partial charge in [-0.3, -0.25) is 0 Å². The summed E-state index contributed by atoms with van der Waals surface area (Å²) in [5.74, 6) is 1.77. The summed E-state index contributed by atoms with van der Waals surface area (Å²) in [5, 5.41) is 7.48. The number of aryl methyl sites for hydroxylation is 1. The number of rotatable bonds is 0. The topological polar surface area (TPSA) is 42.7 Å². The van der Waals surface area contributed by atoms with Gasteiger partial charge in [0.2, 0.25) is 5.95 Å². The third-order valence-electron chi connectivity index (χ3n) is 2.00. The van der Waals surface area contributed by atoms with Crippen molar-refractivity contribution < 1.29 is 0 Å². The molecule has 0 saturated heterocycles. The highest BCUT2D eigenvalue weighted by molar-refractivity contribution is 5.27. The summed E-state index contributed by atoms with van der Waals surface area (Å²) < 4.78 is 1.96. The van der Waals surface area contributed by atoms with Crippen molar-refractivity contribution in [3.63, 3.8) is 0 Å². The third-order valence-corrected chi connectivity index (χ3v) is 2.00. The minimum atomic E-state index is 0.493. The molecule has 0 bridgehead atoms. The standard InChI is InChI=1S/C7H12N4/c1-5-3-4-8-7-9-6(2)10-11(5)7/h5H,3-4H2,1-2H3,(H,8,9,10). The van der Waals surface area contributed by atoms with Gasteiger partial charge in [0.15, 0.2) is 0 Å². The highest BCUT2D eigenvalue weighted by Crippen LogP contribution is 2.19. The van der Waals surface area contributed by atoms with Crippen LogP contribution in [-0.2, 0) is 0 Å². The van der Waals surface area contributed by atoms with E-state index in [1.165, 1.54) is 0 Å². The number of fused-ring (bicyclic) bond motifs is 1. The van der Waals surface area contributed by atoms with Gasteiger partial charge in [-0.25, -0.2) is 4.68 Å². The summed E-state index contributed by atoms with van der Waals surface area (Å²) in [6, 6.07) is 0.493. The Kier molecular flexibility index (Phi) is 1.34. The minimum absolute atomic E-state index is 0.493. The lowest BCUT2D eigenvalue weighted by Crippen LogP contribution is -2.21. The Balaban J connectivity index is 2.43. The first-order valence-electron chi connectivity index (χ1n) is 3.94. The normalized spacial score (nSPS) is 22.5. The van der Waals surface area contributed by atoms with Gasteiger partial charge < -0.3 is 5.32 Å². The summed E-state index contributed by atoms with van der Waals surface area (Å²) in [4.78, 5) is 4.24. The molecule has 1 N–H and O–H groups in total. The SMILES string of the molecule is Cc1nc2n(n1)C(C)CCN2. The lowest BCUT2D eigenvalue weighted by Gasteiger charge is -2.20. The van der Waals surface area contributed by atoms with Crippen LogP contribution in [0, 0.1) is 6.92 Å². The van der Waals surface area contributed by atoms with Gasteiger partial charge in [0, 0.05) is 6.54 Å². The smallest absolute Gasteiger partial charge is 0.221 e. The second kappa shape index (κ2) is 2.22. The summed E-state index contributed by atoms with van der Waals surface area (Å²) in [6.07, 6.45) is 1.13. The molecule has 0 fully saturated rings. The lowest BCUT2D eigenvalue weighted by atomic mass is 10.2. The van der Waals surface area contributed by atoms with Crippen molar-refractivity contribution in [2.75, 3.05) is 11.9 Å². The molecule has 11 heavy (non-hydrogen) atoms. The molecule has 60 valence electrons. The van der Waals surface area contributed by atoms with E-state index in [4.69, 9.17) is 0 Å². The van der Waals surface area contributed by atoms with Crippen molar-refractivity contribution >= 4 is 5.95 Å². The number of nitrogens with zero attached hydrogens (tertiary/aromatic N) is 3. The van der Waals surface area contributed by atoms with E-state index in [2.05, 4.69) is 22.3 Å². The third kappa shape index (κ3) is 0.982. The fourth-order valence-electron chi connectivity index (χ4n) is 1.37. The van der Waals surface area contributed by atoms with Crippen molar-refractivity contribution in [3.05, 3.63) is 5.82 Å². The van der Waals surface area contributed by atoms with Crippen molar-refractivity contribution in [1.29, 1.82) is 0 Å². The molecule has 1 aromatic heterocycles. The Hall–Kier alpha value is -1.06. The number of nitrogens with one attached hydrogen (secondary N) is 1. The molecule has 1 aliphatic rings. The molecule has 0 spiro atoms. The van der Waals surface area contributed by atoms with Crippen molar-refractivity contribution in [2.24, 2.45) is 0 Å². The zero-order valence-corrected chi connectivity index (χ0v) is 6.83. The zero-order chi connectivity index (χ0) is 7.84. The largest absolute Gasteiger partial charge is 0.354 e. The van der Waals surface area contributed by atoms with Gasteiger partial charge >= 0.3 is 0 Å². The van der Waals surface area contributed by atoms with Gasteiger partial charge in [0.1, 0.15) is 5.82 Å². The second-order valence-electron chi connectivity index (χ2n) is 2.99. The van der Waals surface area contributed by atoms with Crippen LogP contribution in [0.25, 0.3) is 0 Å². The molecule has 0 amide bonds. The van der Waals surface area contributed by atoms with Gasteiger partial charge in [-0.05, 0) is 20.3 Å². The summed E-state index contributed by atoms with van der Waals surface area (Å²) in [7, 11) is 0. The van der Waals surface area contributed by atoms with E-state index in [1.54, 1.807) is 0 Å². The molecular formula is C7H12N4. The van der Waals surface area contributed by atoms with Gasteiger partial charge in [-0.1, -0.05) is 0 Å². The predicted molar refractivity (Wildman–Crippen MR) is 42.6 cm³/mol. The fraction of sp³-hybridized carbons (Fsp3) is 0.714. The maximum Gasteiger partial charge on any atom is 0.221 e. The Labute approximate surface area is 65.6 Å². The summed E-state index contributed by atoms with van der Waals surface area (Å²) in [5.41, 5.74) is 0. The van der Waals surface area contributed by atoms with Crippen molar-refractivity contribution in [3.8, 4) is 0 Å². The average Bonchev–Trinajstić information content (AvgIpc) is 2.31. The molecule has 0 aliphatic carbocycles. The first kappa shape index (κ1) is 6.64. The van der Waals surface area contributed by atoms with Crippen LogP contribution in [0.5, 0.6) is 0 Å². The monoisotopic (exact) mass is 152 g/mol. The van der Waals surface area contributed by atoms with Gasteiger partial charge in [-0.15, -0.1) is 0 Å². The molecule has 0 saturated carbocycles. The maximum atomic E-state index is 4.28. The fourth-order valence-corrected chi connectivity index (χ4v) is 1.37. The molecular weight excluding hydrogens is 140 g/mol.